The lowest BCUT2D eigenvalue weighted by atomic mass is 10.2. The molecular weight excluding hydrogens is 364 g/mol. The number of ether oxygens (including phenoxy) is 2. The van der Waals surface area contributed by atoms with E-state index in [9.17, 15) is 19.7 Å². The van der Waals surface area contributed by atoms with E-state index in [1.165, 1.54) is 36.4 Å². The molecule has 10 heteroatoms. The Bertz CT molecular complexity index is 609. The van der Waals surface area contributed by atoms with Crippen LogP contribution >= 0.6 is 12.6 Å². The van der Waals surface area contributed by atoms with Crippen molar-refractivity contribution in [3.63, 3.8) is 0 Å². The van der Waals surface area contributed by atoms with Crippen molar-refractivity contribution in [2.75, 3.05) is 19.4 Å². The molecule has 0 N–H and O–H groups in total. The second-order valence-electron chi connectivity index (χ2n) is 5.27. The summed E-state index contributed by atoms with van der Waals surface area (Å²) in [6, 6.07) is 4.73. The van der Waals surface area contributed by atoms with E-state index in [2.05, 4.69) is 17.4 Å². The first-order valence-electron chi connectivity index (χ1n) is 7.96. The minimum absolute atomic E-state index is 0.0585. The highest BCUT2D eigenvalue weighted by Gasteiger charge is 2.29. The summed E-state index contributed by atoms with van der Waals surface area (Å²) in [6.45, 7) is 2.16. The topological polar surface area (TPSA) is 108 Å². The van der Waals surface area contributed by atoms with Crippen molar-refractivity contribution in [1.29, 1.82) is 0 Å². The second-order valence-corrected chi connectivity index (χ2v) is 5.63. The number of hydroxylamine groups is 2. The molecule has 0 bridgehead atoms. The van der Waals surface area contributed by atoms with Crippen LogP contribution < -0.4 is 0 Å². The maximum atomic E-state index is 11.9. The Kier molecular flexibility index (Phi) is 9.45. The number of rotatable bonds is 10. The molecule has 1 rings (SSSR count). The second kappa shape index (κ2) is 11.3. The number of nitro benzene ring substituents is 1. The van der Waals surface area contributed by atoms with Crippen molar-refractivity contribution < 1.29 is 28.8 Å². The molecule has 1 aromatic rings. The molecule has 1 aromatic carbocycles. The molecule has 0 amide bonds. The maximum Gasteiger partial charge on any atom is 0.528 e. The molecule has 0 heterocycles. The molecule has 9 nitrogen and oxygen atoms in total. The van der Waals surface area contributed by atoms with Gasteiger partial charge in [-0.3, -0.25) is 14.9 Å². The lowest BCUT2D eigenvalue weighted by molar-refractivity contribution is -0.384. The summed E-state index contributed by atoms with van der Waals surface area (Å²) >= 11 is 4.10. The van der Waals surface area contributed by atoms with Gasteiger partial charge in [-0.25, -0.2) is 4.79 Å². The number of hydrogen-bond acceptors (Lipinski definition) is 9. The van der Waals surface area contributed by atoms with Gasteiger partial charge in [0.2, 0.25) is 0 Å². The molecule has 0 fully saturated rings. The van der Waals surface area contributed by atoms with Crippen LogP contribution in [0.3, 0.4) is 0 Å². The largest absolute Gasteiger partial charge is 0.528 e. The van der Waals surface area contributed by atoms with Crippen LogP contribution in [0, 0.1) is 10.1 Å². The highest BCUT2D eigenvalue weighted by Crippen LogP contribution is 2.14. The maximum absolute atomic E-state index is 11.9. The molecule has 0 aliphatic rings. The molecule has 0 aromatic heterocycles. The van der Waals surface area contributed by atoms with Crippen LogP contribution in [0.4, 0.5) is 10.5 Å². The van der Waals surface area contributed by atoms with Crippen LogP contribution in [0.5, 0.6) is 0 Å². The third kappa shape index (κ3) is 6.89. The van der Waals surface area contributed by atoms with Crippen LogP contribution in [0.15, 0.2) is 24.3 Å². The zero-order valence-corrected chi connectivity index (χ0v) is 15.5. The Morgan fingerprint density at radius 2 is 1.96 bits per heavy atom. The van der Waals surface area contributed by atoms with E-state index in [-0.39, 0.29) is 18.0 Å². The number of methoxy groups -OCH3 is 1. The summed E-state index contributed by atoms with van der Waals surface area (Å²) < 4.78 is 9.69. The van der Waals surface area contributed by atoms with Gasteiger partial charge in [0.15, 0.2) is 6.04 Å². The molecule has 0 saturated carbocycles. The smallest absolute Gasteiger partial charge is 0.468 e. The fraction of sp³-hybridized carbons (Fsp3) is 0.500. The number of thiol groups is 1. The number of carbonyl (C=O) groups excluding carboxylic acids is 2. The number of carbonyl (C=O) groups is 2. The van der Waals surface area contributed by atoms with Crippen molar-refractivity contribution >= 4 is 30.4 Å². The van der Waals surface area contributed by atoms with Gasteiger partial charge >= 0.3 is 12.1 Å². The van der Waals surface area contributed by atoms with Gasteiger partial charge in [-0.05, 0) is 24.1 Å². The highest BCUT2D eigenvalue weighted by atomic mass is 32.1. The number of nitro groups is 1. The number of hydrogen-bond donors (Lipinski definition) is 1. The fourth-order valence-electron chi connectivity index (χ4n) is 1.98. The molecule has 0 saturated heterocycles. The first kappa shape index (κ1) is 21.7. The molecule has 0 aliphatic carbocycles. The first-order chi connectivity index (χ1) is 12.4. The number of unbranched alkanes of at least 4 members (excludes halogenated alkanes) is 1. The van der Waals surface area contributed by atoms with Crippen molar-refractivity contribution in [3.8, 4) is 0 Å². The van der Waals surface area contributed by atoms with E-state index in [1.807, 2.05) is 6.92 Å². The van der Waals surface area contributed by atoms with Crippen molar-refractivity contribution in [2.24, 2.45) is 0 Å². The zero-order chi connectivity index (χ0) is 19.5. The molecule has 0 radical (unpaired) electrons. The Balaban J connectivity index is 2.64. The predicted octanol–water partition coefficient (Wildman–Crippen LogP) is 2.74. The van der Waals surface area contributed by atoms with Gasteiger partial charge in [-0.2, -0.15) is 12.6 Å². The van der Waals surface area contributed by atoms with E-state index in [0.29, 0.717) is 18.5 Å². The standard InChI is InChI=1S/C16H22N2O7S/c1-3-4-9-17(14(11-26)15(19)23-2)25-16(20)24-10-12-5-7-13(8-6-12)18(21)22/h5-8,14,26H,3-4,9-11H2,1-2H3/t14-/m0/s1. The van der Waals surface area contributed by atoms with Gasteiger partial charge < -0.3 is 14.3 Å². The van der Waals surface area contributed by atoms with Crippen molar-refractivity contribution in [3.05, 3.63) is 39.9 Å². The Hall–Kier alpha value is -2.33. The van der Waals surface area contributed by atoms with Gasteiger partial charge in [0, 0.05) is 24.4 Å². The summed E-state index contributed by atoms with van der Waals surface area (Å²) in [5, 5.41) is 11.8. The lowest BCUT2D eigenvalue weighted by Gasteiger charge is -2.26. The third-order valence-corrected chi connectivity index (χ3v) is 3.77. The van der Waals surface area contributed by atoms with Gasteiger partial charge in [0.05, 0.1) is 12.0 Å². The molecular formula is C16H22N2O7S. The van der Waals surface area contributed by atoms with Gasteiger partial charge in [0.25, 0.3) is 5.69 Å². The van der Waals surface area contributed by atoms with Gasteiger partial charge in [-0.1, -0.05) is 13.3 Å². The quantitative estimate of drug-likeness (QED) is 0.283. The molecule has 26 heavy (non-hydrogen) atoms. The average Bonchev–Trinajstić information content (AvgIpc) is 2.64. The number of benzene rings is 1. The van der Waals surface area contributed by atoms with E-state index in [0.717, 1.165) is 6.42 Å². The Morgan fingerprint density at radius 3 is 2.46 bits per heavy atom. The molecule has 144 valence electrons. The molecule has 0 unspecified atom stereocenters. The van der Waals surface area contributed by atoms with Crippen molar-refractivity contribution in [1.82, 2.24) is 5.06 Å². The number of esters is 1. The van der Waals surface area contributed by atoms with Gasteiger partial charge in [-0.15, -0.1) is 5.06 Å². The lowest BCUT2D eigenvalue weighted by Crippen LogP contribution is -2.45. The summed E-state index contributed by atoms with van der Waals surface area (Å²) in [7, 11) is 1.24. The van der Waals surface area contributed by atoms with Crippen LogP contribution in [0.1, 0.15) is 25.3 Å². The SMILES string of the molecule is CCCCN(OC(=O)OCc1ccc([N+](=O)[O-])cc1)[C@@H](CS)C(=O)OC. The zero-order valence-electron chi connectivity index (χ0n) is 14.6. The number of non-ortho nitro benzene ring substituents is 1. The van der Waals surface area contributed by atoms with Crippen LogP contribution in [-0.4, -0.2) is 47.6 Å². The fourth-order valence-corrected chi connectivity index (χ4v) is 2.31. The average molecular weight is 386 g/mol. The normalized spacial score (nSPS) is 11.7. The van der Waals surface area contributed by atoms with E-state index < -0.39 is 23.1 Å². The first-order valence-corrected chi connectivity index (χ1v) is 8.59. The third-order valence-electron chi connectivity index (χ3n) is 3.42. The Labute approximate surface area is 156 Å². The van der Waals surface area contributed by atoms with E-state index >= 15 is 0 Å². The van der Waals surface area contributed by atoms with Gasteiger partial charge in [0.1, 0.15) is 6.61 Å². The van der Waals surface area contributed by atoms with E-state index in [4.69, 9.17) is 9.57 Å². The molecule has 0 spiro atoms. The van der Waals surface area contributed by atoms with Crippen molar-refractivity contribution in [2.45, 2.75) is 32.4 Å². The molecule has 1 atom stereocenters. The predicted molar refractivity (Wildman–Crippen MR) is 95.6 cm³/mol. The highest BCUT2D eigenvalue weighted by molar-refractivity contribution is 7.80. The molecule has 0 aliphatic heterocycles. The van der Waals surface area contributed by atoms with Crippen LogP contribution in [0.25, 0.3) is 0 Å². The minimum atomic E-state index is -0.991. The summed E-state index contributed by atoms with van der Waals surface area (Å²) in [6.07, 6.45) is 0.532. The number of nitrogens with zero attached hydrogens (tertiary/aromatic N) is 2. The Morgan fingerprint density at radius 1 is 1.31 bits per heavy atom. The van der Waals surface area contributed by atoms with Crippen LogP contribution in [-0.2, 0) is 25.7 Å². The van der Waals surface area contributed by atoms with Crippen LogP contribution in [0.2, 0.25) is 0 Å². The minimum Gasteiger partial charge on any atom is -0.468 e. The summed E-state index contributed by atoms with van der Waals surface area (Å²) in [5.74, 6) is -0.467. The van der Waals surface area contributed by atoms with E-state index in [1.54, 1.807) is 0 Å². The monoisotopic (exact) mass is 386 g/mol. The summed E-state index contributed by atoms with van der Waals surface area (Å²) in [4.78, 5) is 38.9. The summed E-state index contributed by atoms with van der Waals surface area (Å²) in [5.41, 5.74) is 0.503.